The molecule has 1 saturated heterocycles. The van der Waals surface area contributed by atoms with E-state index in [2.05, 4.69) is 5.32 Å². The minimum Gasteiger partial charge on any atom is -0.480 e. The van der Waals surface area contributed by atoms with Gasteiger partial charge in [-0.25, -0.2) is 0 Å². The van der Waals surface area contributed by atoms with Gasteiger partial charge in [0, 0.05) is 13.1 Å². The largest absolute Gasteiger partial charge is 0.480 e. The summed E-state index contributed by atoms with van der Waals surface area (Å²) < 4.78 is 0. The molecule has 0 spiro atoms. The maximum absolute atomic E-state index is 11.5. The Morgan fingerprint density at radius 2 is 2.18 bits per heavy atom. The number of carbonyl (C=O) groups is 2. The van der Waals surface area contributed by atoms with Crippen LogP contribution in [0.4, 0.5) is 0 Å². The molecule has 5 heteroatoms. The van der Waals surface area contributed by atoms with E-state index in [4.69, 9.17) is 0 Å². The predicted octanol–water partition coefficient (Wildman–Crippen LogP) is 0.308. The van der Waals surface area contributed by atoms with Gasteiger partial charge >= 0.3 is 5.97 Å². The highest BCUT2D eigenvalue weighted by Crippen LogP contribution is 2.41. The molecule has 5 nitrogen and oxygen atoms in total. The van der Waals surface area contributed by atoms with Gasteiger partial charge in [0.05, 0.1) is 6.54 Å². The summed E-state index contributed by atoms with van der Waals surface area (Å²) in [5.74, 6) is -0.116. The zero-order valence-corrected chi connectivity index (χ0v) is 10.2. The van der Waals surface area contributed by atoms with Crippen molar-refractivity contribution in [2.24, 2.45) is 11.8 Å². The van der Waals surface area contributed by atoms with Crippen molar-refractivity contribution in [2.75, 3.05) is 19.6 Å². The summed E-state index contributed by atoms with van der Waals surface area (Å²) >= 11 is 0. The lowest BCUT2D eigenvalue weighted by atomic mass is 9.94. The Morgan fingerprint density at radius 3 is 2.82 bits per heavy atom. The second-order valence-corrected chi connectivity index (χ2v) is 5.02. The van der Waals surface area contributed by atoms with E-state index in [-0.39, 0.29) is 18.4 Å². The van der Waals surface area contributed by atoms with Crippen LogP contribution in [-0.4, -0.2) is 47.6 Å². The molecule has 0 bridgehead atoms. The molecule has 3 unspecified atom stereocenters. The number of carboxylic acid groups (broad SMARTS) is 1. The number of likely N-dealkylation sites (tertiary alicyclic amines) is 1. The Kier molecular flexibility index (Phi) is 3.66. The number of rotatable bonds is 4. The normalized spacial score (nSPS) is 32.4. The molecule has 2 N–H and O–H groups in total. The molecule has 1 aliphatic heterocycles. The molecular formula is C12H20N2O3. The van der Waals surface area contributed by atoms with E-state index in [0.29, 0.717) is 12.5 Å². The van der Waals surface area contributed by atoms with Crippen molar-refractivity contribution in [1.82, 2.24) is 10.2 Å². The van der Waals surface area contributed by atoms with Gasteiger partial charge in [0.15, 0.2) is 0 Å². The van der Waals surface area contributed by atoms with Crippen LogP contribution in [0.2, 0.25) is 0 Å². The monoisotopic (exact) mass is 240 g/mol. The number of carboxylic acids is 1. The maximum Gasteiger partial charge on any atom is 0.321 e. The summed E-state index contributed by atoms with van der Waals surface area (Å²) in [6.45, 7) is 3.44. The van der Waals surface area contributed by atoms with Gasteiger partial charge in [0.1, 0.15) is 6.04 Å². The molecule has 0 radical (unpaired) electrons. The molecule has 2 fully saturated rings. The van der Waals surface area contributed by atoms with Crippen molar-refractivity contribution in [3.8, 4) is 0 Å². The van der Waals surface area contributed by atoms with Crippen LogP contribution in [0.5, 0.6) is 0 Å². The summed E-state index contributed by atoms with van der Waals surface area (Å²) in [6.07, 6.45) is 3.24. The van der Waals surface area contributed by atoms with Crippen LogP contribution in [0.3, 0.4) is 0 Å². The average Bonchev–Trinajstić information content (AvgIpc) is 2.76. The van der Waals surface area contributed by atoms with E-state index in [1.54, 1.807) is 0 Å². The van der Waals surface area contributed by atoms with Crippen molar-refractivity contribution in [3.05, 3.63) is 0 Å². The van der Waals surface area contributed by atoms with E-state index in [9.17, 15) is 14.7 Å². The van der Waals surface area contributed by atoms with Gasteiger partial charge in [0.25, 0.3) is 0 Å². The highest BCUT2D eigenvalue weighted by atomic mass is 16.4. The Morgan fingerprint density at radius 1 is 1.41 bits per heavy atom. The van der Waals surface area contributed by atoms with Gasteiger partial charge in [0.2, 0.25) is 5.91 Å². The number of hydrogen-bond acceptors (Lipinski definition) is 3. The molecule has 2 rings (SSSR count). The van der Waals surface area contributed by atoms with Crippen LogP contribution >= 0.6 is 0 Å². The number of nitrogens with zero attached hydrogens (tertiary/aromatic N) is 1. The first-order chi connectivity index (χ1) is 8.13. The number of aliphatic carboxylic acids is 1. The lowest BCUT2D eigenvalue weighted by Crippen LogP contribution is -2.45. The van der Waals surface area contributed by atoms with Crippen LogP contribution < -0.4 is 5.32 Å². The minimum absolute atomic E-state index is 0.0706. The summed E-state index contributed by atoms with van der Waals surface area (Å²) in [6, 6.07) is -0.454. The zero-order chi connectivity index (χ0) is 12.4. The first kappa shape index (κ1) is 12.4. The Labute approximate surface area is 101 Å². The van der Waals surface area contributed by atoms with Gasteiger partial charge < -0.3 is 10.4 Å². The van der Waals surface area contributed by atoms with Gasteiger partial charge in [-0.3, -0.25) is 14.5 Å². The first-order valence-corrected chi connectivity index (χ1v) is 6.37. The second-order valence-electron chi connectivity index (χ2n) is 5.02. The minimum atomic E-state index is -0.774. The molecule has 96 valence electrons. The lowest BCUT2D eigenvalue weighted by Gasteiger charge is -2.23. The Balaban J connectivity index is 2.01. The molecule has 3 atom stereocenters. The number of amides is 1. The molecule has 17 heavy (non-hydrogen) atoms. The molecule has 2 aliphatic rings. The van der Waals surface area contributed by atoms with Crippen molar-refractivity contribution in [1.29, 1.82) is 0 Å². The summed E-state index contributed by atoms with van der Waals surface area (Å²) in [4.78, 5) is 24.7. The van der Waals surface area contributed by atoms with Gasteiger partial charge in [-0.1, -0.05) is 6.42 Å². The van der Waals surface area contributed by atoms with Gasteiger partial charge in [-0.2, -0.15) is 0 Å². The summed E-state index contributed by atoms with van der Waals surface area (Å²) in [5.41, 5.74) is 0. The van der Waals surface area contributed by atoms with Crippen molar-refractivity contribution < 1.29 is 14.7 Å². The van der Waals surface area contributed by atoms with Crippen LogP contribution in [0.25, 0.3) is 0 Å². The van der Waals surface area contributed by atoms with Gasteiger partial charge in [-0.05, 0) is 31.6 Å². The molecule has 1 amide bonds. The topological polar surface area (TPSA) is 69.6 Å². The molecule has 1 heterocycles. The summed E-state index contributed by atoms with van der Waals surface area (Å²) in [7, 11) is 0. The zero-order valence-electron chi connectivity index (χ0n) is 10.2. The third-order valence-electron chi connectivity index (χ3n) is 3.96. The van der Waals surface area contributed by atoms with Crippen molar-refractivity contribution in [3.63, 3.8) is 0 Å². The molecule has 0 aromatic carbocycles. The molecule has 1 aliphatic carbocycles. The molecule has 0 aromatic heterocycles. The SMILES string of the molecule is CCNC(=O)CN1CC2CCCC2C1C(=O)O. The number of carbonyl (C=O) groups excluding carboxylic acids is 1. The van der Waals surface area contributed by atoms with Crippen LogP contribution in [0.15, 0.2) is 0 Å². The fourth-order valence-electron chi connectivity index (χ4n) is 3.33. The first-order valence-electron chi connectivity index (χ1n) is 6.37. The van der Waals surface area contributed by atoms with Crippen molar-refractivity contribution >= 4 is 11.9 Å². The van der Waals surface area contributed by atoms with E-state index >= 15 is 0 Å². The molecule has 0 aromatic rings. The fraction of sp³-hybridized carbons (Fsp3) is 0.833. The third-order valence-corrected chi connectivity index (χ3v) is 3.96. The smallest absolute Gasteiger partial charge is 0.321 e. The number of hydrogen-bond donors (Lipinski definition) is 2. The Bertz CT molecular complexity index is 319. The molecular weight excluding hydrogens is 220 g/mol. The van der Waals surface area contributed by atoms with E-state index in [1.165, 1.54) is 0 Å². The van der Waals surface area contributed by atoms with Crippen LogP contribution in [-0.2, 0) is 9.59 Å². The number of nitrogens with one attached hydrogen (secondary N) is 1. The van der Waals surface area contributed by atoms with Crippen molar-refractivity contribution in [2.45, 2.75) is 32.2 Å². The maximum atomic E-state index is 11.5. The average molecular weight is 240 g/mol. The van der Waals surface area contributed by atoms with Crippen LogP contribution in [0, 0.1) is 11.8 Å². The number of fused-ring (bicyclic) bond motifs is 1. The standard InChI is InChI=1S/C12H20N2O3/c1-2-13-10(15)7-14-6-8-4-3-5-9(8)11(14)12(16)17/h8-9,11H,2-7H2,1H3,(H,13,15)(H,16,17). The van der Waals surface area contributed by atoms with E-state index in [1.807, 2.05) is 11.8 Å². The van der Waals surface area contributed by atoms with Gasteiger partial charge in [-0.15, -0.1) is 0 Å². The number of likely N-dealkylation sites (N-methyl/N-ethyl adjacent to an activating group) is 1. The second kappa shape index (κ2) is 5.04. The highest BCUT2D eigenvalue weighted by Gasteiger charge is 2.47. The van der Waals surface area contributed by atoms with Crippen LogP contribution in [0.1, 0.15) is 26.2 Å². The fourth-order valence-corrected chi connectivity index (χ4v) is 3.33. The highest BCUT2D eigenvalue weighted by molar-refractivity contribution is 5.80. The molecule has 1 saturated carbocycles. The van der Waals surface area contributed by atoms with E-state index in [0.717, 1.165) is 25.8 Å². The Hall–Kier alpha value is -1.10. The third kappa shape index (κ3) is 2.44. The lowest BCUT2D eigenvalue weighted by molar-refractivity contribution is -0.144. The van der Waals surface area contributed by atoms with E-state index < -0.39 is 12.0 Å². The summed E-state index contributed by atoms with van der Waals surface area (Å²) in [5, 5.41) is 12.0. The predicted molar refractivity (Wildman–Crippen MR) is 62.5 cm³/mol. The quantitative estimate of drug-likeness (QED) is 0.742.